The smallest absolute Gasteiger partial charge is 0.255 e. The highest BCUT2D eigenvalue weighted by Gasteiger charge is 2.23. The van der Waals surface area contributed by atoms with Crippen LogP contribution in [0.2, 0.25) is 0 Å². The maximum Gasteiger partial charge on any atom is 0.255 e. The van der Waals surface area contributed by atoms with E-state index in [0.29, 0.717) is 34.2 Å². The monoisotopic (exact) mass is 483 g/mol. The van der Waals surface area contributed by atoms with Crippen molar-refractivity contribution in [1.29, 1.82) is 0 Å². The SMILES string of the molecule is Cc1noc(C)c1-c1c(N)nc(-n2nc(Cc3c(F)ccc(F)c3F)c3cc(F)ccc32)nc1N. The molecule has 5 rings (SSSR count). The Balaban J connectivity index is 1.68. The second-order valence-electron chi connectivity index (χ2n) is 7.89. The molecular weight excluding hydrogens is 466 g/mol. The molecule has 0 aliphatic heterocycles. The molecule has 0 aliphatic carbocycles. The number of anilines is 2. The van der Waals surface area contributed by atoms with Gasteiger partial charge in [-0.2, -0.15) is 19.7 Å². The molecule has 12 heteroatoms. The van der Waals surface area contributed by atoms with Gasteiger partial charge in [0.25, 0.3) is 5.95 Å². The molecule has 0 aliphatic rings. The molecule has 35 heavy (non-hydrogen) atoms. The van der Waals surface area contributed by atoms with Crippen LogP contribution in [-0.2, 0) is 6.42 Å². The normalized spacial score (nSPS) is 11.5. The van der Waals surface area contributed by atoms with E-state index < -0.39 is 35.3 Å². The zero-order valence-electron chi connectivity index (χ0n) is 18.4. The molecule has 3 aromatic heterocycles. The van der Waals surface area contributed by atoms with Crippen molar-refractivity contribution in [2.75, 3.05) is 11.5 Å². The summed E-state index contributed by atoms with van der Waals surface area (Å²) in [5, 5.41) is 8.46. The minimum atomic E-state index is -1.35. The number of benzene rings is 2. The van der Waals surface area contributed by atoms with Gasteiger partial charge in [-0.15, -0.1) is 0 Å². The summed E-state index contributed by atoms with van der Waals surface area (Å²) < 4.78 is 62.8. The van der Waals surface area contributed by atoms with Gasteiger partial charge < -0.3 is 16.0 Å². The number of rotatable bonds is 4. The Bertz CT molecular complexity index is 1580. The molecule has 0 amide bonds. The second kappa shape index (κ2) is 8.08. The van der Waals surface area contributed by atoms with Crippen molar-refractivity contribution < 1.29 is 22.1 Å². The van der Waals surface area contributed by atoms with Crippen molar-refractivity contribution in [2.45, 2.75) is 20.3 Å². The fourth-order valence-electron chi connectivity index (χ4n) is 4.01. The lowest BCUT2D eigenvalue weighted by molar-refractivity contribution is 0.393. The van der Waals surface area contributed by atoms with Gasteiger partial charge in [0.05, 0.1) is 28.0 Å². The second-order valence-corrected chi connectivity index (χ2v) is 7.89. The van der Waals surface area contributed by atoms with Crippen LogP contribution in [0.25, 0.3) is 28.0 Å². The quantitative estimate of drug-likeness (QED) is 0.287. The first-order valence-electron chi connectivity index (χ1n) is 10.3. The maximum atomic E-state index is 14.3. The molecule has 3 heterocycles. The molecule has 0 radical (unpaired) electrons. The van der Waals surface area contributed by atoms with Crippen LogP contribution in [0.4, 0.5) is 29.2 Å². The topological polar surface area (TPSA) is 122 Å². The minimum Gasteiger partial charge on any atom is -0.383 e. The highest BCUT2D eigenvalue weighted by atomic mass is 19.2. The van der Waals surface area contributed by atoms with Gasteiger partial charge in [-0.1, -0.05) is 5.16 Å². The third-order valence-corrected chi connectivity index (χ3v) is 5.63. The summed E-state index contributed by atoms with van der Waals surface area (Å²) in [5.41, 5.74) is 13.7. The molecule has 0 fully saturated rings. The molecule has 0 atom stereocenters. The fourth-order valence-corrected chi connectivity index (χ4v) is 4.01. The maximum absolute atomic E-state index is 14.3. The zero-order valence-corrected chi connectivity index (χ0v) is 18.4. The van der Waals surface area contributed by atoms with Gasteiger partial charge >= 0.3 is 0 Å². The minimum absolute atomic E-state index is 0.0106. The van der Waals surface area contributed by atoms with Gasteiger partial charge in [0, 0.05) is 17.4 Å². The number of aryl methyl sites for hydroxylation is 2. The van der Waals surface area contributed by atoms with E-state index in [-0.39, 0.29) is 28.7 Å². The van der Waals surface area contributed by atoms with E-state index in [1.165, 1.54) is 16.8 Å². The number of hydrogen-bond acceptors (Lipinski definition) is 7. The zero-order chi connectivity index (χ0) is 25.0. The van der Waals surface area contributed by atoms with E-state index in [0.717, 1.165) is 12.1 Å². The predicted octanol–water partition coefficient (Wildman–Crippen LogP) is 4.40. The third-order valence-electron chi connectivity index (χ3n) is 5.63. The van der Waals surface area contributed by atoms with Crippen LogP contribution in [0, 0.1) is 37.1 Å². The van der Waals surface area contributed by atoms with Gasteiger partial charge in [0.2, 0.25) is 0 Å². The van der Waals surface area contributed by atoms with Gasteiger partial charge in [-0.05, 0) is 44.2 Å². The van der Waals surface area contributed by atoms with E-state index in [1.807, 2.05) is 0 Å². The summed E-state index contributed by atoms with van der Waals surface area (Å²) >= 11 is 0. The fraction of sp³-hybridized carbons (Fsp3) is 0.130. The van der Waals surface area contributed by atoms with E-state index >= 15 is 0 Å². The number of hydrogen-bond donors (Lipinski definition) is 2. The van der Waals surface area contributed by atoms with Crippen LogP contribution in [-0.4, -0.2) is 24.9 Å². The Morgan fingerprint density at radius 2 is 1.60 bits per heavy atom. The van der Waals surface area contributed by atoms with Gasteiger partial charge in [-0.3, -0.25) is 0 Å². The average Bonchev–Trinajstić information content (AvgIpc) is 3.33. The van der Waals surface area contributed by atoms with Crippen LogP contribution in [0.3, 0.4) is 0 Å². The van der Waals surface area contributed by atoms with E-state index in [1.54, 1.807) is 13.8 Å². The molecule has 0 spiro atoms. The number of halogens is 4. The summed E-state index contributed by atoms with van der Waals surface area (Å²) in [6.45, 7) is 3.40. The number of nitrogens with two attached hydrogens (primary N) is 2. The molecule has 178 valence electrons. The molecular formula is C23H17F4N7O. The Labute approximate surface area is 195 Å². The number of nitrogen functional groups attached to an aromatic ring is 2. The Kier molecular flexibility index (Phi) is 5.15. The largest absolute Gasteiger partial charge is 0.383 e. The van der Waals surface area contributed by atoms with E-state index in [2.05, 4.69) is 20.2 Å². The van der Waals surface area contributed by atoms with Crippen LogP contribution >= 0.6 is 0 Å². The summed E-state index contributed by atoms with van der Waals surface area (Å²) in [4.78, 5) is 8.60. The van der Waals surface area contributed by atoms with Crippen molar-refractivity contribution in [2.24, 2.45) is 0 Å². The summed E-state index contributed by atoms with van der Waals surface area (Å²) in [7, 11) is 0. The summed E-state index contributed by atoms with van der Waals surface area (Å²) in [6, 6.07) is 5.22. The van der Waals surface area contributed by atoms with Crippen molar-refractivity contribution in [3.05, 3.63) is 76.3 Å². The van der Waals surface area contributed by atoms with Gasteiger partial charge in [-0.25, -0.2) is 17.6 Å². The van der Waals surface area contributed by atoms with Crippen molar-refractivity contribution in [3.8, 4) is 17.1 Å². The first-order chi connectivity index (χ1) is 16.7. The number of aromatic nitrogens is 5. The van der Waals surface area contributed by atoms with Gasteiger partial charge in [0.1, 0.15) is 29.0 Å². The lowest BCUT2D eigenvalue weighted by atomic mass is 10.1. The van der Waals surface area contributed by atoms with Crippen LogP contribution in [0.1, 0.15) is 22.7 Å². The summed E-state index contributed by atoms with van der Waals surface area (Å²) in [5.74, 6) is -3.69. The standard InChI is InChI=1S/C23H17F4N7O/c1-9-18(10(2)35-33-9)19-21(28)30-23(31-22(19)29)34-17-6-3-11(24)7-13(17)16(32-34)8-12-14(25)4-5-15(26)20(12)27/h3-7H,8H2,1-2H3,(H4,28,29,30,31). The number of nitrogens with zero attached hydrogens (tertiary/aromatic N) is 5. The molecule has 0 saturated heterocycles. The van der Waals surface area contributed by atoms with Crippen LogP contribution in [0.5, 0.6) is 0 Å². The van der Waals surface area contributed by atoms with E-state index in [9.17, 15) is 17.6 Å². The van der Waals surface area contributed by atoms with Gasteiger partial charge in [0.15, 0.2) is 11.6 Å². The Morgan fingerprint density at radius 3 is 2.26 bits per heavy atom. The first kappa shape index (κ1) is 22.3. The molecule has 2 aromatic carbocycles. The van der Waals surface area contributed by atoms with Crippen molar-refractivity contribution in [1.82, 2.24) is 24.9 Å². The molecule has 5 aromatic rings. The molecule has 4 N–H and O–H groups in total. The lowest BCUT2D eigenvalue weighted by Crippen LogP contribution is -2.10. The third kappa shape index (κ3) is 3.63. The van der Waals surface area contributed by atoms with E-state index in [4.69, 9.17) is 16.0 Å². The van der Waals surface area contributed by atoms with Crippen molar-refractivity contribution in [3.63, 3.8) is 0 Å². The molecule has 0 saturated carbocycles. The molecule has 0 unspecified atom stereocenters. The van der Waals surface area contributed by atoms with Crippen molar-refractivity contribution >= 4 is 22.5 Å². The molecule has 8 nitrogen and oxygen atoms in total. The van der Waals surface area contributed by atoms with Crippen LogP contribution in [0.15, 0.2) is 34.9 Å². The Morgan fingerprint density at radius 1 is 0.914 bits per heavy atom. The Hall–Kier alpha value is -4.48. The predicted molar refractivity (Wildman–Crippen MR) is 120 cm³/mol. The summed E-state index contributed by atoms with van der Waals surface area (Å²) in [6.07, 6.45) is -0.454. The first-order valence-corrected chi connectivity index (χ1v) is 10.3. The van der Waals surface area contributed by atoms with Crippen LogP contribution < -0.4 is 11.5 Å². The highest BCUT2D eigenvalue weighted by molar-refractivity contribution is 5.86. The lowest BCUT2D eigenvalue weighted by Gasteiger charge is -2.10. The highest BCUT2D eigenvalue weighted by Crippen LogP contribution is 2.35. The molecule has 0 bridgehead atoms. The average molecular weight is 483 g/mol. The number of fused-ring (bicyclic) bond motifs is 1.